The summed E-state index contributed by atoms with van der Waals surface area (Å²) in [7, 11) is 1.58. The molecular weight excluding hydrogens is 498 g/mol. The molecule has 3 N–H and O–H groups in total. The molecule has 9 nitrogen and oxygen atoms in total. The monoisotopic (exact) mass is 528 g/mol. The number of ether oxygens (including phenoxy) is 2. The number of halogens is 2. The van der Waals surface area contributed by atoms with Crippen LogP contribution in [0.3, 0.4) is 0 Å². The molecule has 3 heterocycles. The third-order valence-electron chi connectivity index (χ3n) is 7.67. The van der Waals surface area contributed by atoms with Crippen molar-refractivity contribution in [2.75, 3.05) is 7.05 Å². The summed E-state index contributed by atoms with van der Waals surface area (Å²) in [4.78, 5) is 25.5. The van der Waals surface area contributed by atoms with Crippen LogP contribution in [0, 0.1) is 12.3 Å². The number of hydrogen-bond acceptors (Lipinski definition) is 6. The maximum Gasteiger partial charge on any atom is 0.275 e. The number of rotatable bonds is 5. The molecular formula is C27H30F2N4O5. The van der Waals surface area contributed by atoms with Crippen molar-refractivity contribution < 1.29 is 33.0 Å². The first-order valence-electron chi connectivity index (χ1n) is 12.5. The molecule has 1 saturated carbocycles. The molecule has 3 aliphatic rings. The topological polar surface area (TPSA) is 114 Å². The molecule has 5 rings (SSSR count). The number of aromatic nitrogens is 2. The van der Waals surface area contributed by atoms with E-state index < -0.39 is 35.8 Å². The molecule has 2 aliphatic carbocycles. The number of carbonyl (C=O) groups is 2. The Hall–Kier alpha value is -3.73. The molecule has 11 heteroatoms. The van der Waals surface area contributed by atoms with Gasteiger partial charge in [0.05, 0.1) is 28.8 Å². The number of allylic oxidation sites excluding steroid dienone is 4. The fraction of sp³-hybridized carbons (Fsp3) is 0.444. The average Bonchev–Trinajstić information content (AvgIpc) is 3.34. The van der Waals surface area contributed by atoms with Gasteiger partial charge in [-0.05, 0) is 51.7 Å². The molecule has 0 saturated heterocycles. The molecule has 0 aromatic carbocycles. The van der Waals surface area contributed by atoms with E-state index >= 15 is 0 Å². The number of aryl methyl sites for hydroxylation is 1. The first-order valence-corrected chi connectivity index (χ1v) is 12.5. The SMILES string of the molecule is CNC(=O)C1=C(C)OC2=CC(Oc3ccnn4cc(C(=O)NC5CCCC(F)(F)C5O)c(C)c34)=CCC21C. The van der Waals surface area contributed by atoms with Gasteiger partial charge in [-0.1, -0.05) is 0 Å². The Bertz CT molecular complexity index is 1430. The van der Waals surface area contributed by atoms with Crippen LogP contribution in [0.2, 0.25) is 0 Å². The van der Waals surface area contributed by atoms with Crippen LogP contribution in [0.1, 0.15) is 55.5 Å². The molecule has 1 fully saturated rings. The fourth-order valence-electron chi connectivity index (χ4n) is 5.55. The number of carbonyl (C=O) groups excluding carboxylic acids is 2. The summed E-state index contributed by atoms with van der Waals surface area (Å²) in [6.07, 6.45) is 5.27. The summed E-state index contributed by atoms with van der Waals surface area (Å²) in [5.41, 5.74) is 1.29. The number of aliphatic hydroxyl groups excluding tert-OH is 1. The summed E-state index contributed by atoms with van der Waals surface area (Å²) >= 11 is 0. The zero-order valence-electron chi connectivity index (χ0n) is 21.6. The van der Waals surface area contributed by atoms with E-state index in [1.54, 1.807) is 33.0 Å². The number of amides is 2. The Kier molecular flexibility index (Phi) is 6.29. The number of nitrogens with one attached hydrogen (secondary N) is 2. The van der Waals surface area contributed by atoms with Gasteiger partial charge in [0.2, 0.25) is 0 Å². The second kappa shape index (κ2) is 9.23. The molecule has 3 unspecified atom stereocenters. The van der Waals surface area contributed by atoms with E-state index in [2.05, 4.69) is 15.7 Å². The van der Waals surface area contributed by atoms with Gasteiger partial charge in [0.1, 0.15) is 28.9 Å². The lowest BCUT2D eigenvalue weighted by atomic mass is 9.75. The molecule has 0 radical (unpaired) electrons. The summed E-state index contributed by atoms with van der Waals surface area (Å²) < 4.78 is 41.5. The van der Waals surface area contributed by atoms with Gasteiger partial charge in [-0.3, -0.25) is 9.59 Å². The summed E-state index contributed by atoms with van der Waals surface area (Å²) in [5, 5.41) is 19.5. The van der Waals surface area contributed by atoms with Gasteiger partial charge in [-0.25, -0.2) is 13.3 Å². The first kappa shape index (κ1) is 25.9. The Balaban J connectivity index is 1.39. The molecule has 2 amide bonds. The van der Waals surface area contributed by atoms with Crippen LogP contribution in [0.5, 0.6) is 5.75 Å². The van der Waals surface area contributed by atoms with Crippen molar-refractivity contribution in [3.63, 3.8) is 0 Å². The zero-order valence-corrected chi connectivity index (χ0v) is 21.6. The van der Waals surface area contributed by atoms with Gasteiger partial charge < -0.3 is 25.2 Å². The second-order valence-electron chi connectivity index (χ2n) is 10.2. The molecule has 38 heavy (non-hydrogen) atoms. The van der Waals surface area contributed by atoms with Crippen molar-refractivity contribution in [3.05, 3.63) is 64.6 Å². The second-order valence-corrected chi connectivity index (χ2v) is 10.2. The van der Waals surface area contributed by atoms with E-state index in [-0.39, 0.29) is 24.3 Å². The third-order valence-corrected chi connectivity index (χ3v) is 7.67. The van der Waals surface area contributed by atoms with E-state index in [0.717, 1.165) is 0 Å². The van der Waals surface area contributed by atoms with Crippen molar-refractivity contribution in [1.29, 1.82) is 0 Å². The Morgan fingerprint density at radius 1 is 1.29 bits per heavy atom. The molecule has 3 atom stereocenters. The number of aliphatic hydroxyl groups is 1. The van der Waals surface area contributed by atoms with Gasteiger partial charge in [-0.2, -0.15) is 5.10 Å². The normalized spacial score (nSPS) is 26.3. The Morgan fingerprint density at radius 2 is 2.05 bits per heavy atom. The van der Waals surface area contributed by atoms with E-state index in [9.17, 15) is 23.5 Å². The summed E-state index contributed by atoms with van der Waals surface area (Å²) in [6.45, 7) is 5.42. The third kappa shape index (κ3) is 4.14. The maximum absolute atomic E-state index is 14.0. The highest BCUT2D eigenvalue weighted by Gasteiger charge is 2.47. The number of nitrogens with zero attached hydrogens (tertiary/aromatic N) is 2. The van der Waals surface area contributed by atoms with Crippen LogP contribution >= 0.6 is 0 Å². The lowest BCUT2D eigenvalue weighted by Gasteiger charge is -2.34. The molecule has 0 bridgehead atoms. The van der Waals surface area contributed by atoms with Gasteiger partial charge in [0, 0.05) is 31.8 Å². The predicted octanol–water partition coefficient (Wildman–Crippen LogP) is 3.53. The average molecular weight is 529 g/mol. The number of alkyl halides is 2. The highest BCUT2D eigenvalue weighted by molar-refractivity contribution is 5.98. The lowest BCUT2D eigenvalue weighted by Crippen LogP contribution is -2.54. The van der Waals surface area contributed by atoms with Crippen LogP contribution in [0.25, 0.3) is 5.52 Å². The van der Waals surface area contributed by atoms with Gasteiger partial charge in [0.15, 0.2) is 5.75 Å². The van der Waals surface area contributed by atoms with Gasteiger partial charge in [-0.15, -0.1) is 0 Å². The molecule has 2 aromatic rings. The van der Waals surface area contributed by atoms with Gasteiger partial charge in [0.25, 0.3) is 17.7 Å². The number of likely N-dealkylation sites (N-methyl/N-ethyl adjacent to an activating group) is 1. The van der Waals surface area contributed by atoms with Crippen LogP contribution in [-0.2, 0) is 9.53 Å². The van der Waals surface area contributed by atoms with Gasteiger partial charge >= 0.3 is 0 Å². The van der Waals surface area contributed by atoms with Crippen molar-refractivity contribution in [1.82, 2.24) is 20.2 Å². The first-order chi connectivity index (χ1) is 18.0. The number of fused-ring (bicyclic) bond motifs is 2. The van der Waals surface area contributed by atoms with E-state index in [0.29, 0.717) is 46.1 Å². The van der Waals surface area contributed by atoms with E-state index in [1.165, 1.54) is 16.9 Å². The molecule has 202 valence electrons. The lowest BCUT2D eigenvalue weighted by molar-refractivity contribution is -0.141. The fourth-order valence-corrected chi connectivity index (χ4v) is 5.55. The highest BCUT2D eigenvalue weighted by Crippen LogP contribution is 2.50. The van der Waals surface area contributed by atoms with Crippen LogP contribution in [0.15, 0.2) is 53.5 Å². The van der Waals surface area contributed by atoms with Crippen LogP contribution in [0.4, 0.5) is 8.78 Å². The Morgan fingerprint density at radius 3 is 2.79 bits per heavy atom. The van der Waals surface area contributed by atoms with E-state index in [4.69, 9.17) is 9.47 Å². The Labute approximate surface area is 218 Å². The largest absolute Gasteiger partial charge is 0.465 e. The van der Waals surface area contributed by atoms with Crippen LogP contribution < -0.4 is 15.4 Å². The minimum Gasteiger partial charge on any atom is -0.465 e. The standard InChI is InChI=1S/C27H30F2N4O5/c1-14-17(24(35)32-18-6-5-9-27(28,29)23(18)34)13-33-22(14)19(8-11-31-33)38-16-7-10-26(3)20(12-16)37-15(2)21(26)25(36)30-4/h7-8,11-13,18,23,34H,5-6,9-10H2,1-4H3,(H,30,36)(H,32,35). The molecule has 0 spiro atoms. The van der Waals surface area contributed by atoms with Crippen molar-refractivity contribution in [2.45, 2.75) is 64.5 Å². The van der Waals surface area contributed by atoms with Crippen molar-refractivity contribution >= 4 is 17.3 Å². The minimum absolute atomic E-state index is 0.193. The van der Waals surface area contributed by atoms with Crippen LogP contribution in [-0.4, -0.2) is 51.7 Å². The summed E-state index contributed by atoms with van der Waals surface area (Å²) in [5.74, 6) is -1.92. The molecule has 2 aromatic heterocycles. The van der Waals surface area contributed by atoms with E-state index in [1.807, 2.05) is 13.0 Å². The highest BCUT2D eigenvalue weighted by atomic mass is 19.3. The zero-order chi connectivity index (χ0) is 27.4. The quantitative estimate of drug-likeness (QED) is 0.547. The minimum atomic E-state index is -3.24. The maximum atomic E-state index is 14.0. The number of hydrogen-bond donors (Lipinski definition) is 3. The van der Waals surface area contributed by atoms with Crippen molar-refractivity contribution in [3.8, 4) is 5.75 Å². The van der Waals surface area contributed by atoms with Crippen molar-refractivity contribution in [2.24, 2.45) is 5.41 Å². The summed E-state index contributed by atoms with van der Waals surface area (Å²) in [6, 6.07) is 0.617. The smallest absolute Gasteiger partial charge is 0.275 e. The molecule has 1 aliphatic heterocycles. The predicted molar refractivity (Wildman–Crippen MR) is 133 cm³/mol.